The predicted molar refractivity (Wildman–Crippen MR) is 83.0 cm³/mol. The van der Waals surface area contributed by atoms with Crippen LogP contribution in [0.1, 0.15) is 49.4 Å². The van der Waals surface area contributed by atoms with Crippen molar-refractivity contribution in [1.29, 1.82) is 0 Å². The standard InChI is InChI=1S/C16H20N2O5/c1-11(15(19)17-13-5-3-2-4-6-13)23-16(20)12-7-9-14(10-8-12)18(21)22/h7-11,13H,2-6H2,1H3,(H,17,19)/t11-/m1/s1. The molecule has 0 spiro atoms. The fourth-order valence-corrected chi connectivity index (χ4v) is 2.57. The lowest BCUT2D eigenvalue weighted by Gasteiger charge is -2.24. The molecule has 0 radical (unpaired) electrons. The number of nitrogens with one attached hydrogen (secondary N) is 1. The maximum atomic E-state index is 12.0. The molecule has 124 valence electrons. The Labute approximate surface area is 134 Å². The number of carbonyl (C=O) groups excluding carboxylic acids is 2. The molecule has 0 aliphatic heterocycles. The van der Waals surface area contributed by atoms with Crippen molar-refractivity contribution in [3.63, 3.8) is 0 Å². The van der Waals surface area contributed by atoms with Crippen LogP contribution < -0.4 is 5.32 Å². The fraction of sp³-hybridized carbons (Fsp3) is 0.500. The van der Waals surface area contributed by atoms with Gasteiger partial charge in [-0.05, 0) is 31.9 Å². The fourth-order valence-electron chi connectivity index (χ4n) is 2.57. The van der Waals surface area contributed by atoms with E-state index in [0.29, 0.717) is 0 Å². The van der Waals surface area contributed by atoms with Gasteiger partial charge in [0.1, 0.15) is 0 Å². The number of nitro groups is 1. The zero-order valence-electron chi connectivity index (χ0n) is 13.0. The van der Waals surface area contributed by atoms with Gasteiger partial charge in [0.15, 0.2) is 6.10 Å². The monoisotopic (exact) mass is 320 g/mol. The highest BCUT2D eigenvalue weighted by molar-refractivity contribution is 5.92. The van der Waals surface area contributed by atoms with Crippen molar-refractivity contribution in [2.75, 3.05) is 0 Å². The number of hydrogen-bond acceptors (Lipinski definition) is 5. The van der Waals surface area contributed by atoms with E-state index in [2.05, 4.69) is 5.32 Å². The van der Waals surface area contributed by atoms with Crippen molar-refractivity contribution in [2.24, 2.45) is 0 Å². The van der Waals surface area contributed by atoms with Crippen LogP contribution in [-0.2, 0) is 9.53 Å². The third-order valence-electron chi connectivity index (χ3n) is 3.92. The third-order valence-corrected chi connectivity index (χ3v) is 3.92. The molecule has 1 atom stereocenters. The number of carbonyl (C=O) groups is 2. The lowest BCUT2D eigenvalue weighted by Crippen LogP contribution is -2.42. The second kappa shape index (κ2) is 7.71. The van der Waals surface area contributed by atoms with E-state index >= 15 is 0 Å². The van der Waals surface area contributed by atoms with Gasteiger partial charge in [-0.1, -0.05) is 19.3 Å². The van der Waals surface area contributed by atoms with Crippen LogP contribution in [0.4, 0.5) is 5.69 Å². The molecule has 1 aromatic carbocycles. The predicted octanol–water partition coefficient (Wildman–Crippen LogP) is 2.59. The van der Waals surface area contributed by atoms with E-state index in [0.717, 1.165) is 25.7 Å². The molecular formula is C16H20N2O5. The molecular weight excluding hydrogens is 300 g/mol. The summed E-state index contributed by atoms with van der Waals surface area (Å²) in [5.41, 5.74) is 0.0672. The highest BCUT2D eigenvalue weighted by Gasteiger charge is 2.23. The molecule has 1 fully saturated rings. The second-order valence-corrected chi connectivity index (χ2v) is 5.70. The minimum absolute atomic E-state index is 0.107. The van der Waals surface area contributed by atoms with Crippen LogP contribution in [0.2, 0.25) is 0 Å². The first-order chi connectivity index (χ1) is 11.0. The van der Waals surface area contributed by atoms with Crippen molar-refractivity contribution in [3.8, 4) is 0 Å². The van der Waals surface area contributed by atoms with E-state index < -0.39 is 17.0 Å². The molecule has 2 rings (SSSR count). The summed E-state index contributed by atoms with van der Waals surface area (Å²) in [7, 11) is 0. The molecule has 1 aromatic rings. The molecule has 0 aromatic heterocycles. The van der Waals surface area contributed by atoms with Crippen molar-refractivity contribution in [3.05, 3.63) is 39.9 Å². The Morgan fingerprint density at radius 1 is 1.22 bits per heavy atom. The lowest BCUT2D eigenvalue weighted by molar-refractivity contribution is -0.384. The third kappa shape index (κ3) is 4.77. The quantitative estimate of drug-likeness (QED) is 0.511. The highest BCUT2D eigenvalue weighted by atomic mass is 16.6. The number of rotatable bonds is 5. The number of esters is 1. The van der Waals surface area contributed by atoms with E-state index in [4.69, 9.17) is 4.74 Å². The van der Waals surface area contributed by atoms with Crippen molar-refractivity contribution in [1.82, 2.24) is 5.32 Å². The van der Waals surface area contributed by atoms with E-state index in [9.17, 15) is 19.7 Å². The van der Waals surface area contributed by atoms with Gasteiger partial charge in [0, 0.05) is 18.2 Å². The van der Waals surface area contributed by atoms with E-state index in [1.165, 1.54) is 37.6 Å². The van der Waals surface area contributed by atoms with Gasteiger partial charge in [-0.25, -0.2) is 4.79 Å². The van der Waals surface area contributed by atoms with Gasteiger partial charge in [-0.15, -0.1) is 0 Å². The Hall–Kier alpha value is -2.44. The number of nitro benzene ring substituents is 1. The molecule has 0 saturated heterocycles. The van der Waals surface area contributed by atoms with Gasteiger partial charge in [0.25, 0.3) is 11.6 Å². The normalized spacial score (nSPS) is 16.4. The van der Waals surface area contributed by atoms with Crippen molar-refractivity contribution in [2.45, 2.75) is 51.2 Å². The van der Waals surface area contributed by atoms with Crippen LogP contribution in [0.25, 0.3) is 0 Å². The van der Waals surface area contributed by atoms with Crippen LogP contribution in [0.5, 0.6) is 0 Å². The first-order valence-corrected chi connectivity index (χ1v) is 7.73. The number of amides is 1. The molecule has 1 N–H and O–H groups in total. The Morgan fingerprint density at radius 3 is 2.39 bits per heavy atom. The molecule has 0 heterocycles. The van der Waals surface area contributed by atoms with Crippen LogP contribution in [0, 0.1) is 10.1 Å². The summed E-state index contributed by atoms with van der Waals surface area (Å²) in [5.74, 6) is -0.988. The largest absolute Gasteiger partial charge is 0.449 e. The summed E-state index contributed by atoms with van der Waals surface area (Å²) in [6, 6.07) is 5.22. The molecule has 1 aliphatic carbocycles. The summed E-state index contributed by atoms with van der Waals surface area (Å²) in [6.45, 7) is 1.52. The zero-order valence-corrected chi connectivity index (χ0v) is 13.0. The Bertz CT molecular complexity index is 579. The molecule has 1 amide bonds. The van der Waals surface area contributed by atoms with Crippen LogP contribution in [0.3, 0.4) is 0 Å². The summed E-state index contributed by atoms with van der Waals surface area (Å²) < 4.78 is 5.12. The first-order valence-electron chi connectivity index (χ1n) is 7.73. The van der Waals surface area contributed by atoms with Gasteiger partial charge < -0.3 is 10.1 Å². The Balaban J connectivity index is 1.87. The van der Waals surface area contributed by atoms with Gasteiger partial charge in [-0.2, -0.15) is 0 Å². The summed E-state index contributed by atoms with van der Waals surface area (Å²) in [5, 5.41) is 13.5. The molecule has 0 unspecified atom stereocenters. The smallest absolute Gasteiger partial charge is 0.338 e. The average Bonchev–Trinajstić information content (AvgIpc) is 2.55. The summed E-state index contributed by atoms with van der Waals surface area (Å²) in [4.78, 5) is 34.0. The van der Waals surface area contributed by atoms with E-state index in [-0.39, 0.29) is 23.2 Å². The van der Waals surface area contributed by atoms with E-state index in [1.807, 2.05) is 0 Å². The maximum absolute atomic E-state index is 12.0. The number of hydrogen-bond donors (Lipinski definition) is 1. The number of nitrogens with zero attached hydrogens (tertiary/aromatic N) is 1. The SMILES string of the molecule is C[C@@H](OC(=O)c1ccc([N+](=O)[O-])cc1)C(=O)NC1CCCCC1. The molecule has 7 heteroatoms. The van der Waals surface area contributed by atoms with Gasteiger partial charge >= 0.3 is 5.97 Å². The van der Waals surface area contributed by atoms with Crippen LogP contribution >= 0.6 is 0 Å². The topological polar surface area (TPSA) is 98.5 Å². The lowest BCUT2D eigenvalue weighted by atomic mass is 9.95. The number of non-ortho nitro benzene ring substituents is 1. The van der Waals surface area contributed by atoms with Crippen LogP contribution in [0.15, 0.2) is 24.3 Å². The Morgan fingerprint density at radius 2 is 1.83 bits per heavy atom. The number of benzene rings is 1. The Kier molecular flexibility index (Phi) is 5.67. The molecule has 23 heavy (non-hydrogen) atoms. The van der Waals surface area contributed by atoms with Gasteiger partial charge in [0.2, 0.25) is 0 Å². The zero-order chi connectivity index (χ0) is 16.8. The van der Waals surface area contributed by atoms with Crippen molar-refractivity contribution >= 4 is 17.6 Å². The molecule has 7 nitrogen and oxygen atoms in total. The summed E-state index contributed by atoms with van der Waals surface area (Å²) >= 11 is 0. The first kappa shape index (κ1) is 16.9. The van der Waals surface area contributed by atoms with Crippen molar-refractivity contribution < 1.29 is 19.2 Å². The molecule has 1 aliphatic rings. The average molecular weight is 320 g/mol. The highest BCUT2D eigenvalue weighted by Crippen LogP contribution is 2.18. The maximum Gasteiger partial charge on any atom is 0.338 e. The second-order valence-electron chi connectivity index (χ2n) is 5.70. The molecule has 1 saturated carbocycles. The minimum atomic E-state index is -0.903. The van der Waals surface area contributed by atoms with Crippen LogP contribution in [-0.4, -0.2) is 28.9 Å². The van der Waals surface area contributed by atoms with E-state index in [1.54, 1.807) is 0 Å². The number of ether oxygens (including phenoxy) is 1. The molecule has 0 bridgehead atoms. The van der Waals surface area contributed by atoms with Gasteiger partial charge in [-0.3, -0.25) is 14.9 Å². The van der Waals surface area contributed by atoms with Gasteiger partial charge in [0.05, 0.1) is 10.5 Å². The minimum Gasteiger partial charge on any atom is -0.449 e. The summed E-state index contributed by atoms with van der Waals surface area (Å²) in [6.07, 6.45) is 4.39.